The molecule has 0 radical (unpaired) electrons. The van der Waals surface area contributed by atoms with Gasteiger partial charge in [0.1, 0.15) is 5.82 Å². The summed E-state index contributed by atoms with van der Waals surface area (Å²) in [6.45, 7) is 6.26. The van der Waals surface area contributed by atoms with Crippen molar-refractivity contribution in [2.45, 2.75) is 39.3 Å². The van der Waals surface area contributed by atoms with Gasteiger partial charge < -0.3 is 10.3 Å². The van der Waals surface area contributed by atoms with E-state index < -0.39 is 0 Å². The fourth-order valence-corrected chi connectivity index (χ4v) is 1.93. The van der Waals surface area contributed by atoms with Gasteiger partial charge in [0.15, 0.2) is 0 Å². The van der Waals surface area contributed by atoms with Crippen molar-refractivity contribution in [1.29, 1.82) is 0 Å². The summed E-state index contributed by atoms with van der Waals surface area (Å²) >= 11 is 0. The van der Waals surface area contributed by atoms with Gasteiger partial charge in [0.05, 0.1) is 16.9 Å². The van der Waals surface area contributed by atoms with Crippen LogP contribution in [-0.2, 0) is 0 Å². The molecule has 0 bridgehead atoms. The van der Waals surface area contributed by atoms with Gasteiger partial charge in [-0.15, -0.1) is 0 Å². The van der Waals surface area contributed by atoms with Gasteiger partial charge in [-0.05, 0) is 32.4 Å². The largest absolute Gasteiger partial charge is 0.309 e. The van der Waals surface area contributed by atoms with Crippen LogP contribution in [0, 0.1) is 0 Å². The Bertz CT molecular complexity index is 591. The summed E-state index contributed by atoms with van der Waals surface area (Å²) in [4.78, 5) is 19.3. The minimum atomic E-state index is -0.0756. The first-order valence-corrected chi connectivity index (χ1v) is 6.36. The highest BCUT2D eigenvalue weighted by Gasteiger charge is 2.12. The maximum absolute atomic E-state index is 11.9. The van der Waals surface area contributed by atoms with E-state index in [0.29, 0.717) is 17.3 Å². The maximum Gasteiger partial charge on any atom is 0.258 e. The molecule has 1 aromatic heterocycles. The molecular weight excluding hydrogens is 226 g/mol. The molecule has 0 amide bonds. The molecule has 1 heterocycles. The normalized spacial score (nSPS) is 14.6. The number of fused-ring (bicyclic) bond motifs is 1. The Hall–Kier alpha value is -1.68. The molecule has 0 aliphatic carbocycles. The van der Waals surface area contributed by atoms with Crippen LogP contribution in [0.5, 0.6) is 0 Å². The molecule has 2 atom stereocenters. The highest BCUT2D eigenvalue weighted by atomic mass is 16.1. The van der Waals surface area contributed by atoms with Crippen molar-refractivity contribution in [3.05, 3.63) is 40.4 Å². The van der Waals surface area contributed by atoms with E-state index in [-0.39, 0.29) is 11.6 Å². The van der Waals surface area contributed by atoms with Gasteiger partial charge in [-0.25, -0.2) is 4.98 Å². The average Bonchev–Trinajstić information content (AvgIpc) is 2.38. The SMILES string of the molecule is CC[C@H](C)N[C@H](C)c1nc2ccccc2c(=O)[nH]1. The number of hydrogen-bond acceptors (Lipinski definition) is 3. The highest BCUT2D eigenvalue weighted by Crippen LogP contribution is 2.11. The van der Waals surface area contributed by atoms with E-state index in [4.69, 9.17) is 0 Å². The topological polar surface area (TPSA) is 57.8 Å². The number of aromatic amines is 1. The van der Waals surface area contributed by atoms with E-state index in [1.807, 2.05) is 25.1 Å². The van der Waals surface area contributed by atoms with Crippen molar-refractivity contribution in [2.24, 2.45) is 0 Å². The number of nitrogens with one attached hydrogen (secondary N) is 2. The maximum atomic E-state index is 11.9. The third-order valence-corrected chi connectivity index (χ3v) is 3.19. The van der Waals surface area contributed by atoms with Gasteiger partial charge in [0.2, 0.25) is 0 Å². The van der Waals surface area contributed by atoms with Crippen LogP contribution in [0.25, 0.3) is 10.9 Å². The predicted octanol–water partition coefficient (Wildman–Crippen LogP) is 2.37. The molecular formula is C14H19N3O. The van der Waals surface area contributed by atoms with Crippen LogP contribution in [-0.4, -0.2) is 16.0 Å². The lowest BCUT2D eigenvalue weighted by Gasteiger charge is -2.18. The lowest BCUT2D eigenvalue weighted by atomic mass is 10.2. The zero-order chi connectivity index (χ0) is 13.1. The summed E-state index contributed by atoms with van der Waals surface area (Å²) in [5, 5.41) is 4.04. The van der Waals surface area contributed by atoms with E-state index >= 15 is 0 Å². The third-order valence-electron chi connectivity index (χ3n) is 3.19. The molecule has 0 unspecified atom stereocenters. The van der Waals surface area contributed by atoms with Crippen molar-refractivity contribution in [3.63, 3.8) is 0 Å². The Morgan fingerprint density at radius 2 is 2.06 bits per heavy atom. The molecule has 2 rings (SSSR count). The van der Waals surface area contributed by atoms with Crippen molar-refractivity contribution in [2.75, 3.05) is 0 Å². The molecule has 18 heavy (non-hydrogen) atoms. The molecule has 4 nitrogen and oxygen atoms in total. The average molecular weight is 245 g/mol. The zero-order valence-corrected chi connectivity index (χ0v) is 11.0. The van der Waals surface area contributed by atoms with Gasteiger partial charge in [0, 0.05) is 6.04 Å². The molecule has 1 aromatic carbocycles. The van der Waals surface area contributed by atoms with Gasteiger partial charge in [0.25, 0.3) is 5.56 Å². The molecule has 0 spiro atoms. The minimum Gasteiger partial charge on any atom is -0.309 e. The van der Waals surface area contributed by atoms with Crippen molar-refractivity contribution >= 4 is 10.9 Å². The molecule has 96 valence electrons. The number of benzene rings is 1. The summed E-state index contributed by atoms with van der Waals surface area (Å²) in [5.74, 6) is 0.694. The van der Waals surface area contributed by atoms with Crippen LogP contribution in [0.15, 0.2) is 29.1 Å². The minimum absolute atomic E-state index is 0.0391. The highest BCUT2D eigenvalue weighted by molar-refractivity contribution is 5.77. The molecule has 2 N–H and O–H groups in total. The van der Waals surface area contributed by atoms with Crippen LogP contribution in [0.3, 0.4) is 0 Å². The molecule has 2 aromatic rings. The Kier molecular flexibility index (Phi) is 3.77. The van der Waals surface area contributed by atoms with Gasteiger partial charge in [-0.1, -0.05) is 19.1 Å². The second kappa shape index (κ2) is 5.31. The molecule has 4 heteroatoms. The Balaban J connectivity index is 2.37. The van der Waals surface area contributed by atoms with Crippen molar-refractivity contribution < 1.29 is 0 Å². The fraction of sp³-hybridized carbons (Fsp3) is 0.429. The summed E-state index contributed by atoms with van der Waals surface area (Å²) in [7, 11) is 0. The molecule has 0 aliphatic heterocycles. The number of rotatable bonds is 4. The van der Waals surface area contributed by atoms with Crippen molar-refractivity contribution in [3.8, 4) is 0 Å². The summed E-state index contributed by atoms with van der Waals surface area (Å²) in [6.07, 6.45) is 1.04. The number of hydrogen-bond donors (Lipinski definition) is 2. The van der Waals surface area contributed by atoms with E-state index in [1.54, 1.807) is 6.07 Å². The molecule has 0 aliphatic rings. The summed E-state index contributed by atoms with van der Waals surface area (Å²) < 4.78 is 0. The predicted molar refractivity (Wildman–Crippen MR) is 73.7 cm³/mol. The Labute approximate surface area is 106 Å². The lowest BCUT2D eigenvalue weighted by molar-refractivity contribution is 0.455. The fourth-order valence-electron chi connectivity index (χ4n) is 1.93. The standard InChI is InChI=1S/C14H19N3O/c1-4-9(2)15-10(3)13-16-12-8-6-5-7-11(12)14(18)17-13/h5-10,15H,4H2,1-3H3,(H,16,17,18)/t9-,10+/m0/s1. The van der Waals surface area contributed by atoms with E-state index in [0.717, 1.165) is 11.9 Å². The van der Waals surface area contributed by atoms with Crippen LogP contribution < -0.4 is 10.9 Å². The Morgan fingerprint density at radius 3 is 2.78 bits per heavy atom. The second-order valence-electron chi connectivity index (χ2n) is 4.67. The smallest absolute Gasteiger partial charge is 0.258 e. The first-order valence-electron chi connectivity index (χ1n) is 6.36. The van der Waals surface area contributed by atoms with Crippen LogP contribution >= 0.6 is 0 Å². The van der Waals surface area contributed by atoms with Crippen LogP contribution in [0.4, 0.5) is 0 Å². The van der Waals surface area contributed by atoms with Gasteiger partial charge in [-0.2, -0.15) is 0 Å². The number of aromatic nitrogens is 2. The summed E-state index contributed by atoms with van der Waals surface area (Å²) in [6, 6.07) is 7.83. The third kappa shape index (κ3) is 2.59. The monoisotopic (exact) mass is 245 g/mol. The second-order valence-corrected chi connectivity index (χ2v) is 4.67. The molecule has 0 fully saturated rings. The zero-order valence-electron chi connectivity index (χ0n) is 11.0. The first kappa shape index (κ1) is 12.8. The lowest BCUT2D eigenvalue weighted by Crippen LogP contribution is -2.30. The van der Waals surface area contributed by atoms with Gasteiger partial charge in [-0.3, -0.25) is 4.79 Å². The van der Waals surface area contributed by atoms with Gasteiger partial charge >= 0.3 is 0 Å². The molecule has 0 saturated heterocycles. The number of para-hydroxylation sites is 1. The first-order chi connectivity index (χ1) is 8.61. The van der Waals surface area contributed by atoms with Crippen LogP contribution in [0.2, 0.25) is 0 Å². The number of nitrogens with zero attached hydrogens (tertiary/aromatic N) is 1. The summed E-state index contributed by atoms with van der Waals surface area (Å²) in [5.41, 5.74) is 0.669. The Morgan fingerprint density at radius 1 is 1.33 bits per heavy atom. The molecule has 0 saturated carbocycles. The van der Waals surface area contributed by atoms with E-state index in [9.17, 15) is 4.79 Å². The van der Waals surface area contributed by atoms with E-state index in [2.05, 4.69) is 29.1 Å². The van der Waals surface area contributed by atoms with Crippen LogP contribution in [0.1, 0.15) is 39.1 Å². The van der Waals surface area contributed by atoms with E-state index in [1.165, 1.54) is 0 Å². The van der Waals surface area contributed by atoms with Crippen molar-refractivity contribution in [1.82, 2.24) is 15.3 Å². The quantitative estimate of drug-likeness (QED) is 0.869. The number of H-pyrrole nitrogens is 1.